The summed E-state index contributed by atoms with van der Waals surface area (Å²) in [4.78, 5) is 14.4. The van der Waals surface area contributed by atoms with Crippen LogP contribution in [0.15, 0.2) is 0 Å². The number of nitrogens with one attached hydrogen (secondary N) is 1. The summed E-state index contributed by atoms with van der Waals surface area (Å²) in [5, 5.41) is 3.08. The van der Waals surface area contributed by atoms with E-state index in [1.807, 2.05) is 0 Å². The molecule has 1 fully saturated rings. The first-order valence-electron chi connectivity index (χ1n) is 8.11. The highest BCUT2D eigenvalue weighted by Gasteiger charge is 2.37. The van der Waals surface area contributed by atoms with Crippen LogP contribution < -0.4 is 11.1 Å². The molecule has 1 aliphatic rings. The second-order valence-corrected chi connectivity index (χ2v) is 6.78. The second kappa shape index (κ2) is 8.71. The summed E-state index contributed by atoms with van der Waals surface area (Å²) in [6.45, 7) is 3.65. The molecule has 124 valence electrons. The Morgan fingerprint density at radius 3 is 2.81 bits per heavy atom. The van der Waals surface area contributed by atoms with Gasteiger partial charge in [0, 0.05) is 25.8 Å². The molecule has 1 aliphatic carbocycles. The van der Waals surface area contributed by atoms with E-state index in [0.717, 1.165) is 19.3 Å². The topological polar surface area (TPSA) is 67.6 Å². The lowest BCUT2D eigenvalue weighted by molar-refractivity contribution is -0.123. The Morgan fingerprint density at radius 2 is 2.24 bits per heavy atom. The quantitative estimate of drug-likeness (QED) is 0.664. The lowest BCUT2D eigenvalue weighted by Crippen LogP contribution is -2.56. The number of amides is 1. The van der Waals surface area contributed by atoms with Crippen molar-refractivity contribution in [2.75, 3.05) is 34.4 Å². The first kappa shape index (κ1) is 18.4. The van der Waals surface area contributed by atoms with E-state index in [1.54, 1.807) is 7.11 Å². The van der Waals surface area contributed by atoms with Gasteiger partial charge >= 0.3 is 0 Å². The van der Waals surface area contributed by atoms with Gasteiger partial charge in [-0.3, -0.25) is 4.79 Å². The molecular formula is C16H33N3O2. The molecule has 1 amide bonds. The van der Waals surface area contributed by atoms with E-state index in [0.29, 0.717) is 25.5 Å². The average Bonchev–Trinajstić information content (AvgIpc) is 2.44. The van der Waals surface area contributed by atoms with Crippen molar-refractivity contribution in [3.05, 3.63) is 0 Å². The first-order valence-corrected chi connectivity index (χ1v) is 8.11. The molecule has 0 saturated heterocycles. The maximum Gasteiger partial charge on any atom is 0.236 e. The Hall–Kier alpha value is -0.650. The molecule has 5 heteroatoms. The van der Waals surface area contributed by atoms with Crippen molar-refractivity contribution in [3.8, 4) is 0 Å². The van der Waals surface area contributed by atoms with E-state index in [2.05, 4.69) is 31.2 Å². The predicted octanol–water partition coefficient (Wildman–Crippen LogP) is 1.37. The highest BCUT2D eigenvalue weighted by atomic mass is 16.5. The van der Waals surface area contributed by atoms with Gasteiger partial charge in [0.2, 0.25) is 5.91 Å². The lowest BCUT2D eigenvalue weighted by atomic mass is 9.75. The Balaban J connectivity index is 2.47. The zero-order valence-electron chi connectivity index (χ0n) is 14.2. The van der Waals surface area contributed by atoms with E-state index in [-0.39, 0.29) is 11.4 Å². The fourth-order valence-electron chi connectivity index (χ4n) is 3.32. The summed E-state index contributed by atoms with van der Waals surface area (Å²) in [5.41, 5.74) is 6.02. The van der Waals surface area contributed by atoms with Gasteiger partial charge in [-0.05, 0) is 45.7 Å². The zero-order valence-corrected chi connectivity index (χ0v) is 14.2. The van der Waals surface area contributed by atoms with Crippen molar-refractivity contribution >= 4 is 5.91 Å². The van der Waals surface area contributed by atoms with Crippen LogP contribution in [0.4, 0.5) is 0 Å². The molecule has 0 aromatic rings. The number of ether oxygens (including phenoxy) is 1. The Morgan fingerprint density at radius 1 is 1.52 bits per heavy atom. The van der Waals surface area contributed by atoms with Gasteiger partial charge in [-0.2, -0.15) is 0 Å². The highest BCUT2D eigenvalue weighted by molar-refractivity contribution is 5.81. The number of nitrogens with two attached hydrogens (primary N) is 1. The van der Waals surface area contributed by atoms with Crippen LogP contribution in [0.2, 0.25) is 0 Å². The Labute approximate surface area is 129 Å². The average molecular weight is 299 g/mol. The van der Waals surface area contributed by atoms with E-state index in [4.69, 9.17) is 10.5 Å². The molecule has 0 radical (unpaired) electrons. The molecule has 1 rings (SSSR count). The summed E-state index contributed by atoms with van der Waals surface area (Å²) in [7, 11) is 5.89. The second-order valence-electron chi connectivity index (χ2n) is 6.78. The minimum atomic E-state index is -0.430. The summed E-state index contributed by atoms with van der Waals surface area (Å²) >= 11 is 0. The van der Waals surface area contributed by atoms with Gasteiger partial charge in [-0.15, -0.1) is 0 Å². The van der Waals surface area contributed by atoms with E-state index >= 15 is 0 Å². The van der Waals surface area contributed by atoms with Crippen molar-refractivity contribution in [1.82, 2.24) is 10.2 Å². The molecule has 0 spiro atoms. The van der Waals surface area contributed by atoms with E-state index in [9.17, 15) is 4.79 Å². The fourth-order valence-corrected chi connectivity index (χ4v) is 3.32. The Kier molecular flexibility index (Phi) is 7.63. The molecule has 3 atom stereocenters. The van der Waals surface area contributed by atoms with Crippen LogP contribution in [0.3, 0.4) is 0 Å². The molecule has 0 aliphatic heterocycles. The molecule has 5 nitrogen and oxygen atoms in total. The summed E-state index contributed by atoms with van der Waals surface area (Å²) in [5.74, 6) is 0.680. The monoisotopic (exact) mass is 299 g/mol. The van der Waals surface area contributed by atoms with Gasteiger partial charge in [-0.1, -0.05) is 19.8 Å². The highest BCUT2D eigenvalue weighted by Crippen LogP contribution is 2.35. The number of likely N-dealkylation sites (N-methyl/N-ethyl adjacent to an activating group) is 1. The van der Waals surface area contributed by atoms with Crippen LogP contribution in [0.5, 0.6) is 0 Å². The smallest absolute Gasteiger partial charge is 0.236 e. The molecule has 0 bridgehead atoms. The standard InChI is InChI=1S/C16H33N3O2/c1-13-7-5-9-16(11-13,19(2)3)12-18-15(20)14(17)8-6-10-21-4/h13-14H,5-12,17H2,1-4H3,(H,18,20). The number of hydrogen-bond acceptors (Lipinski definition) is 4. The van der Waals surface area contributed by atoms with Crippen molar-refractivity contribution in [2.24, 2.45) is 11.7 Å². The van der Waals surface area contributed by atoms with Crippen LogP contribution in [-0.4, -0.2) is 56.7 Å². The van der Waals surface area contributed by atoms with Gasteiger partial charge in [0.1, 0.15) is 0 Å². The number of nitrogens with zero attached hydrogens (tertiary/aromatic N) is 1. The molecule has 3 unspecified atom stereocenters. The number of hydrogen-bond donors (Lipinski definition) is 2. The third-order valence-electron chi connectivity index (χ3n) is 4.81. The minimum absolute atomic E-state index is 0.0365. The molecule has 3 N–H and O–H groups in total. The largest absolute Gasteiger partial charge is 0.385 e. The van der Waals surface area contributed by atoms with Crippen molar-refractivity contribution in [1.29, 1.82) is 0 Å². The number of methoxy groups -OCH3 is 1. The van der Waals surface area contributed by atoms with Crippen molar-refractivity contribution in [2.45, 2.75) is 57.0 Å². The summed E-state index contributed by atoms with van der Waals surface area (Å²) in [6.07, 6.45) is 6.30. The van der Waals surface area contributed by atoms with Gasteiger partial charge in [0.15, 0.2) is 0 Å². The van der Waals surface area contributed by atoms with Crippen molar-refractivity contribution in [3.63, 3.8) is 0 Å². The third kappa shape index (κ3) is 5.57. The maximum atomic E-state index is 12.1. The number of rotatable bonds is 8. The van der Waals surface area contributed by atoms with Crippen LogP contribution in [0, 0.1) is 5.92 Å². The minimum Gasteiger partial charge on any atom is -0.385 e. The van der Waals surface area contributed by atoms with E-state index in [1.165, 1.54) is 12.8 Å². The molecule has 1 saturated carbocycles. The van der Waals surface area contributed by atoms with Gasteiger partial charge < -0.3 is 20.7 Å². The number of carbonyl (C=O) groups is 1. The van der Waals surface area contributed by atoms with Gasteiger partial charge in [0.05, 0.1) is 6.04 Å². The lowest BCUT2D eigenvalue weighted by Gasteiger charge is -2.45. The van der Waals surface area contributed by atoms with Crippen LogP contribution >= 0.6 is 0 Å². The fraction of sp³-hybridized carbons (Fsp3) is 0.938. The van der Waals surface area contributed by atoms with Crippen molar-refractivity contribution < 1.29 is 9.53 Å². The number of carbonyl (C=O) groups excluding carboxylic acids is 1. The van der Waals surface area contributed by atoms with Gasteiger partial charge in [-0.25, -0.2) is 0 Å². The molecule has 0 aromatic carbocycles. The molecule has 0 heterocycles. The predicted molar refractivity (Wildman–Crippen MR) is 86.1 cm³/mol. The molecule has 21 heavy (non-hydrogen) atoms. The van der Waals surface area contributed by atoms with Crippen LogP contribution in [0.25, 0.3) is 0 Å². The maximum absolute atomic E-state index is 12.1. The summed E-state index contributed by atoms with van der Waals surface area (Å²) < 4.78 is 4.99. The molecular weight excluding hydrogens is 266 g/mol. The SMILES string of the molecule is COCCCC(N)C(=O)NCC1(N(C)C)CCCC(C)C1. The zero-order chi connectivity index (χ0) is 15.9. The van der Waals surface area contributed by atoms with Crippen LogP contribution in [0.1, 0.15) is 45.4 Å². The van der Waals surface area contributed by atoms with Gasteiger partial charge in [0.25, 0.3) is 0 Å². The molecule has 0 aromatic heterocycles. The Bertz CT molecular complexity index is 323. The normalized spacial score (nSPS) is 27.6. The summed E-state index contributed by atoms with van der Waals surface area (Å²) in [6, 6.07) is -0.430. The first-order chi connectivity index (χ1) is 9.91. The third-order valence-corrected chi connectivity index (χ3v) is 4.81. The van der Waals surface area contributed by atoms with Crippen LogP contribution in [-0.2, 0) is 9.53 Å². The van der Waals surface area contributed by atoms with E-state index < -0.39 is 6.04 Å².